The van der Waals surface area contributed by atoms with E-state index in [4.69, 9.17) is 14.5 Å². The molecule has 0 fully saturated rings. The van der Waals surface area contributed by atoms with Crippen molar-refractivity contribution in [1.29, 1.82) is 0 Å². The zero-order chi connectivity index (χ0) is 23.1. The van der Waals surface area contributed by atoms with Gasteiger partial charge in [0.05, 0.1) is 29.0 Å². The first-order valence-electron chi connectivity index (χ1n) is 10.9. The minimum Gasteiger partial charge on any atom is -0.486 e. The highest BCUT2D eigenvalue weighted by atomic mass is 16.6. The van der Waals surface area contributed by atoms with Crippen LogP contribution in [-0.4, -0.2) is 55.6 Å². The molecule has 0 unspecified atom stereocenters. The topological polar surface area (TPSA) is 87.3 Å². The smallest absolute Gasteiger partial charge is 0.254 e. The van der Waals surface area contributed by atoms with E-state index in [1.165, 1.54) is 0 Å². The molecule has 1 aromatic carbocycles. The molecule has 1 aliphatic rings. The average Bonchev–Trinajstić information content (AvgIpc) is 3.43. The van der Waals surface area contributed by atoms with Crippen molar-refractivity contribution < 1.29 is 14.3 Å². The number of pyridine rings is 1. The summed E-state index contributed by atoms with van der Waals surface area (Å²) in [5.41, 5.74) is 3.73. The van der Waals surface area contributed by atoms with Gasteiger partial charge >= 0.3 is 0 Å². The van der Waals surface area contributed by atoms with E-state index in [9.17, 15) is 4.79 Å². The molecule has 9 heteroatoms. The van der Waals surface area contributed by atoms with Crippen LogP contribution in [0.15, 0.2) is 42.9 Å². The summed E-state index contributed by atoms with van der Waals surface area (Å²) in [7, 11) is 3.65. The van der Waals surface area contributed by atoms with Crippen LogP contribution in [0, 0.1) is 0 Å². The lowest BCUT2D eigenvalue weighted by atomic mass is 10.0. The maximum absolute atomic E-state index is 13.6. The van der Waals surface area contributed by atoms with Gasteiger partial charge in [0.25, 0.3) is 5.91 Å². The van der Waals surface area contributed by atoms with E-state index in [1.807, 2.05) is 56.0 Å². The summed E-state index contributed by atoms with van der Waals surface area (Å²) >= 11 is 0. The molecule has 170 valence electrons. The first-order valence-corrected chi connectivity index (χ1v) is 10.9. The molecule has 0 saturated heterocycles. The minimum atomic E-state index is -0.103. The van der Waals surface area contributed by atoms with Crippen molar-refractivity contribution in [1.82, 2.24) is 29.4 Å². The van der Waals surface area contributed by atoms with Gasteiger partial charge in [-0.05, 0) is 38.1 Å². The van der Waals surface area contributed by atoms with E-state index in [-0.39, 0.29) is 11.9 Å². The normalized spacial score (nSPS) is 13.0. The molecule has 3 aromatic heterocycles. The molecule has 5 rings (SSSR count). The van der Waals surface area contributed by atoms with Gasteiger partial charge in [-0.15, -0.1) is 0 Å². The molecule has 0 atom stereocenters. The van der Waals surface area contributed by atoms with Gasteiger partial charge in [0.15, 0.2) is 17.1 Å². The number of benzene rings is 1. The summed E-state index contributed by atoms with van der Waals surface area (Å²) < 4.78 is 15.0. The summed E-state index contributed by atoms with van der Waals surface area (Å²) in [5.74, 6) is 1.29. The van der Waals surface area contributed by atoms with Crippen LogP contribution in [0.3, 0.4) is 0 Å². The number of hydrogen-bond donors (Lipinski definition) is 0. The molecule has 1 amide bonds. The van der Waals surface area contributed by atoms with Crippen molar-refractivity contribution >= 4 is 16.9 Å². The maximum atomic E-state index is 13.6. The summed E-state index contributed by atoms with van der Waals surface area (Å²) in [6, 6.07) is 7.66. The lowest BCUT2D eigenvalue weighted by Crippen LogP contribution is -2.26. The van der Waals surface area contributed by atoms with Crippen LogP contribution in [0.4, 0.5) is 0 Å². The van der Waals surface area contributed by atoms with Crippen molar-refractivity contribution in [3.63, 3.8) is 0 Å². The van der Waals surface area contributed by atoms with Crippen molar-refractivity contribution in [2.24, 2.45) is 7.05 Å². The van der Waals surface area contributed by atoms with Gasteiger partial charge < -0.3 is 14.4 Å². The number of carbonyl (C=O) groups excluding carboxylic acids is 1. The molecule has 4 heterocycles. The highest BCUT2D eigenvalue weighted by Crippen LogP contribution is 2.35. The third-order valence-corrected chi connectivity index (χ3v) is 5.65. The lowest BCUT2D eigenvalue weighted by Gasteiger charge is -2.20. The second-order valence-electron chi connectivity index (χ2n) is 8.52. The number of nitrogens with zero attached hydrogens (tertiary/aromatic N) is 6. The SMILES string of the molecule is CC(C)n1ncc2c(C(=O)N(C)Cc3cnn(C)c3)cc(-c3ccc4c(c3)OCCO4)nc21. The quantitative estimate of drug-likeness (QED) is 0.467. The van der Waals surface area contributed by atoms with Crippen molar-refractivity contribution in [2.45, 2.75) is 26.4 Å². The van der Waals surface area contributed by atoms with Crippen molar-refractivity contribution in [2.75, 3.05) is 20.3 Å². The fourth-order valence-corrected chi connectivity index (χ4v) is 4.03. The molecule has 0 radical (unpaired) electrons. The molecule has 9 nitrogen and oxygen atoms in total. The van der Waals surface area contributed by atoms with Gasteiger partial charge in [-0.1, -0.05) is 0 Å². The number of aromatic nitrogens is 5. The Labute approximate surface area is 191 Å². The summed E-state index contributed by atoms with van der Waals surface area (Å²) in [6.07, 6.45) is 5.40. The number of hydrogen-bond acceptors (Lipinski definition) is 6. The Bertz CT molecular complexity index is 1340. The van der Waals surface area contributed by atoms with Crippen LogP contribution in [0.5, 0.6) is 11.5 Å². The highest BCUT2D eigenvalue weighted by molar-refractivity contribution is 6.06. The Balaban J connectivity index is 1.59. The zero-order valence-electron chi connectivity index (χ0n) is 19.1. The standard InChI is InChI=1S/C24H26N6O3/c1-15(2)30-23-19(12-26-30)18(24(31)28(3)13-16-11-25-29(4)14-16)10-20(27-23)17-5-6-21-22(9-17)33-8-7-32-21/h5-6,9-12,14-15H,7-8,13H2,1-4H3. The molecule has 0 saturated carbocycles. The van der Waals surface area contributed by atoms with Crippen LogP contribution < -0.4 is 9.47 Å². The summed E-state index contributed by atoms with van der Waals surface area (Å²) in [5, 5.41) is 9.44. The third-order valence-electron chi connectivity index (χ3n) is 5.65. The molecule has 0 aliphatic carbocycles. The summed E-state index contributed by atoms with van der Waals surface area (Å²) in [6.45, 7) is 5.58. The molecule has 33 heavy (non-hydrogen) atoms. The molecule has 0 bridgehead atoms. The predicted octanol–water partition coefficient (Wildman–Crippen LogP) is 3.46. The van der Waals surface area contributed by atoms with E-state index in [0.29, 0.717) is 48.2 Å². The van der Waals surface area contributed by atoms with Gasteiger partial charge in [-0.2, -0.15) is 10.2 Å². The highest BCUT2D eigenvalue weighted by Gasteiger charge is 2.22. The van der Waals surface area contributed by atoms with Crippen molar-refractivity contribution in [3.8, 4) is 22.8 Å². The second kappa shape index (κ2) is 8.23. The Morgan fingerprint density at radius 2 is 1.91 bits per heavy atom. The van der Waals surface area contributed by atoms with Crippen molar-refractivity contribution in [3.05, 3.63) is 54.0 Å². The number of ether oxygens (including phenoxy) is 2. The number of rotatable bonds is 5. The summed E-state index contributed by atoms with van der Waals surface area (Å²) in [4.78, 5) is 20.1. The third kappa shape index (κ3) is 3.90. The van der Waals surface area contributed by atoms with Crippen LogP contribution >= 0.6 is 0 Å². The van der Waals surface area contributed by atoms with E-state index in [2.05, 4.69) is 10.2 Å². The Morgan fingerprint density at radius 3 is 2.64 bits per heavy atom. The fraction of sp³-hybridized carbons (Fsp3) is 0.333. The van der Waals surface area contributed by atoms with E-state index >= 15 is 0 Å². The fourth-order valence-electron chi connectivity index (χ4n) is 4.03. The maximum Gasteiger partial charge on any atom is 0.254 e. The predicted molar refractivity (Wildman–Crippen MR) is 123 cm³/mol. The monoisotopic (exact) mass is 446 g/mol. The van der Waals surface area contributed by atoms with Crippen LogP contribution in [-0.2, 0) is 13.6 Å². The van der Waals surface area contributed by atoms with Crippen LogP contribution in [0.25, 0.3) is 22.3 Å². The molecule has 1 aliphatic heterocycles. The Kier molecular flexibility index (Phi) is 5.24. The molecular formula is C24H26N6O3. The number of amides is 1. The molecule has 0 spiro atoms. The van der Waals surface area contributed by atoms with Gasteiger partial charge in [-0.25, -0.2) is 9.67 Å². The van der Waals surface area contributed by atoms with Crippen LogP contribution in [0.1, 0.15) is 35.8 Å². The number of fused-ring (bicyclic) bond motifs is 2. The number of carbonyl (C=O) groups is 1. The van der Waals surface area contributed by atoms with Gasteiger partial charge in [0, 0.05) is 44.0 Å². The van der Waals surface area contributed by atoms with Gasteiger partial charge in [0.2, 0.25) is 0 Å². The second-order valence-corrected chi connectivity index (χ2v) is 8.52. The minimum absolute atomic E-state index is 0.0987. The van der Waals surface area contributed by atoms with Gasteiger partial charge in [-0.3, -0.25) is 9.48 Å². The molecular weight excluding hydrogens is 420 g/mol. The Hall–Kier alpha value is -3.88. The largest absolute Gasteiger partial charge is 0.486 e. The first-order chi connectivity index (χ1) is 15.9. The molecule has 4 aromatic rings. The lowest BCUT2D eigenvalue weighted by molar-refractivity contribution is 0.0787. The molecule has 0 N–H and O–H groups in total. The van der Waals surface area contributed by atoms with E-state index in [1.54, 1.807) is 29.0 Å². The first kappa shape index (κ1) is 21.0. The Morgan fingerprint density at radius 1 is 1.12 bits per heavy atom. The van der Waals surface area contributed by atoms with E-state index in [0.717, 1.165) is 16.5 Å². The average molecular weight is 447 g/mol. The van der Waals surface area contributed by atoms with Gasteiger partial charge in [0.1, 0.15) is 13.2 Å². The number of aryl methyl sites for hydroxylation is 1. The van der Waals surface area contributed by atoms with Crippen LogP contribution in [0.2, 0.25) is 0 Å². The zero-order valence-corrected chi connectivity index (χ0v) is 19.1. The van der Waals surface area contributed by atoms with E-state index < -0.39 is 0 Å².